The molecule has 1 aliphatic heterocycles. The molecule has 0 bridgehead atoms. The first kappa shape index (κ1) is 15.7. The maximum Gasteiger partial charge on any atom is 0.142 e. The number of hydrogen-bond donors (Lipinski definition) is 3. The summed E-state index contributed by atoms with van der Waals surface area (Å²) in [6.07, 6.45) is -0.882. The van der Waals surface area contributed by atoms with Crippen LogP contribution in [0.3, 0.4) is 0 Å². The molecule has 0 amide bonds. The fourth-order valence-corrected chi connectivity index (χ4v) is 2.63. The lowest BCUT2D eigenvalue weighted by Gasteiger charge is -2.32. The van der Waals surface area contributed by atoms with Crippen molar-refractivity contribution in [3.63, 3.8) is 0 Å². The first-order valence-corrected chi connectivity index (χ1v) is 7.03. The van der Waals surface area contributed by atoms with Crippen LogP contribution in [0, 0.1) is 11.7 Å². The van der Waals surface area contributed by atoms with E-state index in [0.29, 0.717) is 31.9 Å². The Morgan fingerprint density at radius 1 is 1.50 bits per heavy atom. The molecule has 1 fully saturated rings. The third kappa shape index (κ3) is 3.68. The van der Waals surface area contributed by atoms with Gasteiger partial charge in [-0.25, -0.2) is 4.39 Å². The van der Waals surface area contributed by atoms with Crippen molar-refractivity contribution in [3.05, 3.63) is 34.6 Å². The average Bonchev–Trinajstić information content (AvgIpc) is 2.41. The highest BCUT2D eigenvalue weighted by atomic mass is 35.5. The Kier molecular flexibility index (Phi) is 5.74. The zero-order valence-electron chi connectivity index (χ0n) is 11.1. The largest absolute Gasteiger partial charge is 0.394 e. The summed E-state index contributed by atoms with van der Waals surface area (Å²) >= 11 is 5.70. The Hall–Kier alpha value is -0.720. The number of hydrogen-bond acceptors (Lipinski definition) is 4. The van der Waals surface area contributed by atoms with Crippen molar-refractivity contribution in [2.45, 2.75) is 12.0 Å². The van der Waals surface area contributed by atoms with E-state index in [1.165, 1.54) is 12.1 Å². The zero-order chi connectivity index (χ0) is 14.5. The first-order chi connectivity index (χ1) is 9.63. The minimum Gasteiger partial charge on any atom is -0.394 e. The van der Waals surface area contributed by atoms with Crippen LogP contribution in [0.15, 0.2) is 18.2 Å². The highest BCUT2D eigenvalue weighted by Gasteiger charge is 2.30. The van der Waals surface area contributed by atoms with Crippen molar-refractivity contribution in [1.82, 2.24) is 5.32 Å². The molecule has 0 spiro atoms. The van der Waals surface area contributed by atoms with Crippen molar-refractivity contribution in [3.8, 4) is 0 Å². The summed E-state index contributed by atoms with van der Waals surface area (Å²) < 4.78 is 19.2. The van der Waals surface area contributed by atoms with Crippen LogP contribution in [-0.4, -0.2) is 49.2 Å². The number of benzene rings is 1. The van der Waals surface area contributed by atoms with Crippen LogP contribution < -0.4 is 5.32 Å². The molecule has 0 saturated carbocycles. The van der Waals surface area contributed by atoms with Gasteiger partial charge in [0, 0.05) is 24.9 Å². The third-order valence-electron chi connectivity index (χ3n) is 3.67. The average molecular weight is 304 g/mol. The fourth-order valence-electron chi connectivity index (χ4n) is 2.52. The molecule has 1 saturated heterocycles. The number of rotatable bonds is 3. The lowest BCUT2D eigenvalue weighted by molar-refractivity contribution is 0.00616. The zero-order valence-corrected chi connectivity index (χ0v) is 11.8. The van der Waals surface area contributed by atoms with Crippen molar-refractivity contribution < 1.29 is 19.3 Å². The summed E-state index contributed by atoms with van der Waals surface area (Å²) in [6, 6.07) is 4.61. The van der Waals surface area contributed by atoms with Gasteiger partial charge in [0.05, 0.1) is 30.9 Å². The SMILES string of the molecule is OCC(O)C1CNCCOCC1c1ccc(Cl)c(F)c1. The van der Waals surface area contributed by atoms with Gasteiger partial charge in [0.2, 0.25) is 0 Å². The van der Waals surface area contributed by atoms with Gasteiger partial charge in [-0.05, 0) is 17.7 Å². The summed E-state index contributed by atoms with van der Waals surface area (Å²) in [5, 5.41) is 22.4. The Morgan fingerprint density at radius 3 is 3.00 bits per heavy atom. The first-order valence-electron chi connectivity index (χ1n) is 6.65. The van der Waals surface area contributed by atoms with Gasteiger partial charge in [0.1, 0.15) is 5.82 Å². The van der Waals surface area contributed by atoms with Crippen LogP contribution in [0.5, 0.6) is 0 Å². The van der Waals surface area contributed by atoms with Gasteiger partial charge < -0.3 is 20.3 Å². The van der Waals surface area contributed by atoms with Gasteiger partial charge in [0.15, 0.2) is 0 Å². The minimum absolute atomic E-state index is 0.0675. The van der Waals surface area contributed by atoms with E-state index >= 15 is 0 Å². The highest BCUT2D eigenvalue weighted by Crippen LogP contribution is 2.30. The molecule has 3 unspecified atom stereocenters. The topological polar surface area (TPSA) is 61.7 Å². The molecule has 1 heterocycles. The number of ether oxygens (including phenoxy) is 1. The van der Waals surface area contributed by atoms with Crippen LogP contribution in [0.25, 0.3) is 0 Å². The van der Waals surface area contributed by atoms with Gasteiger partial charge >= 0.3 is 0 Å². The van der Waals surface area contributed by atoms with Crippen LogP contribution in [-0.2, 0) is 4.74 Å². The number of halogens is 2. The molecule has 112 valence electrons. The van der Waals surface area contributed by atoms with Crippen molar-refractivity contribution >= 4 is 11.6 Å². The number of aliphatic hydroxyl groups excluding tert-OH is 2. The van der Waals surface area contributed by atoms with E-state index in [2.05, 4.69) is 5.32 Å². The summed E-state index contributed by atoms with van der Waals surface area (Å²) in [6.45, 7) is 1.84. The van der Waals surface area contributed by atoms with Crippen LogP contribution in [0.1, 0.15) is 11.5 Å². The molecule has 2 rings (SSSR count). The van der Waals surface area contributed by atoms with Gasteiger partial charge in [-0.2, -0.15) is 0 Å². The molecule has 3 atom stereocenters. The predicted molar refractivity (Wildman–Crippen MR) is 74.4 cm³/mol. The Morgan fingerprint density at radius 2 is 2.30 bits per heavy atom. The highest BCUT2D eigenvalue weighted by molar-refractivity contribution is 6.30. The predicted octanol–water partition coefficient (Wildman–Crippen LogP) is 1.15. The maximum atomic E-state index is 13.6. The van der Waals surface area contributed by atoms with Gasteiger partial charge in [-0.1, -0.05) is 17.7 Å². The molecule has 3 N–H and O–H groups in total. The molecule has 0 aliphatic carbocycles. The molecule has 4 nitrogen and oxygen atoms in total. The Bertz CT molecular complexity index is 446. The van der Waals surface area contributed by atoms with E-state index < -0.39 is 11.9 Å². The minimum atomic E-state index is -0.882. The van der Waals surface area contributed by atoms with E-state index in [4.69, 9.17) is 16.3 Å². The molecule has 1 aromatic carbocycles. The summed E-state index contributed by atoms with van der Waals surface area (Å²) in [5.41, 5.74) is 0.716. The molecule has 0 radical (unpaired) electrons. The van der Waals surface area contributed by atoms with E-state index in [1.54, 1.807) is 6.07 Å². The molecule has 6 heteroatoms. The second kappa shape index (κ2) is 7.33. The van der Waals surface area contributed by atoms with E-state index in [9.17, 15) is 14.6 Å². The lowest BCUT2D eigenvalue weighted by atomic mass is 9.82. The van der Waals surface area contributed by atoms with Gasteiger partial charge in [-0.15, -0.1) is 0 Å². The molecule has 0 aromatic heterocycles. The van der Waals surface area contributed by atoms with E-state index in [1.807, 2.05) is 0 Å². The fraction of sp³-hybridized carbons (Fsp3) is 0.571. The third-order valence-corrected chi connectivity index (χ3v) is 3.98. The maximum absolute atomic E-state index is 13.6. The van der Waals surface area contributed by atoms with E-state index in [-0.39, 0.29) is 23.5 Å². The summed E-state index contributed by atoms with van der Waals surface area (Å²) in [7, 11) is 0. The quantitative estimate of drug-likeness (QED) is 0.784. The number of aliphatic hydroxyl groups is 2. The van der Waals surface area contributed by atoms with Crippen LogP contribution in [0.4, 0.5) is 4.39 Å². The second-order valence-electron chi connectivity index (χ2n) is 4.97. The molecular weight excluding hydrogens is 285 g/mol. The summed E-state index contributed by atoms with van der Waals surface area (Å²) in [4.78, 5) is 0. The van der Waals surface area contributed by atoms with Crippen molar-refractivity contribution in [1.29, 1.82) is 0 Å². The smallest absolute Gasteiger partial charge is 0.142 e. The van der Waals surface area contributed by atoms with Crippen molar-refractivity contribution in [2.24, 2.45) is 5.92 Å². The van der Waals surface area contributed by atoms with Gasteiger partial charge in [-0.3, -0.25) is 0 Å². The van der Waals surface area contributed by atoms with E-state index in [0.717, 1.165) is 0 Å². The van der Waals surface area contributed by atoms with Crippen LogP contribution >= 0.6 is 11.6 Å². The summed E-state index contributed by atoms with van der Waals surface area (Å²) in [5.74, 6) is -0.936. The number of nitrogens with one attached hydrogen (secondary N) is 1. The van der Waals surface area contributed by atoms with Gasteiger partial charge in [0.25, 0.3) is 0 Å². The second-order valence-corrected chi connectivity index (χ2v) is 5.38. The molecule has 1 aliphatic rings. The van der Waals surface area contributed by atoms with Crippen molar-refractivity contribution in [2.75, 3.05) is 32.9 Å². The molecule has 1 aromatic rings. The molecular formula is C14H19ClFNO3. The van der Waals surface area contributed by atoms with Crippen LogP contribution in [0.2, 0.25) is 5.02 Å². The molecule has 20 heavy (non-hydrogen) atoms. The Balaban J connectivity index is 2.27. The standard InChI is InChI=1S/C14H19ClFNO3/c15-12-2-1-9(5-13(12)16)11-8-20-4-3-17-6-10(11)14(19)7-18/h1-2,5,10-11,14,17-19H,3-4,6-8H2. The Labute approximate surface area is 122 Å². The monoisotopic (exact) mass is 303 g/mol. The lowest BCUT2D eigenvalue weighted by Crippen LogP contribution is -2.42. The normalized spacial score (nSPS) is 25.8.